The number of amides is 1. The Kier molecular flexibility index (Phi) is 6.90. The van der Waals surface area contributed by atoms with E-state index in [1.807, 2.05) is 25.7 Å². The van der Waals surface area contributed by atoms with Gasteiger partial charge in [0.15, 0.2) is 11.6 Å². The number of likely N-dealkylation sites (tertiary alicyclic amines) is 1. The molecule has 1 fully saturated rings. The minimum absolute atomic E-state index is 0.0309. The monoisotopic (exact) mass is 413 g/mol. The van der Waals surface area contributed by atoms with Crippen LogP contribution in [0.1, 0.15) is 68.5 Å². The second-order valence-electron chi connectivity index (χ2n) is 8.86. The molecular formula is C23H31N3O4. The molecule has 0 saturated carbocycles. The van der Waals surface area contributed by atoms with Crippen LogP contribution in [0, 0.1) is 5.92 Å². The molecule has 7 heteroatoms. The van der Waals surface area contributed by atoms with Gasteiger partial charge in [-0.15, -0.1) is 0 Å². The number of rotatable bonds is 7. The van der Waals surface area contributed by atoms with Crippen LogP contribution in [-0.2, 0) is 16.6 Å². The summed E-state index contributed by atoms with van der Waals surface area (Å²) in [4.78, 5) is 31.5. The fourth-order valence-corrected chi connectivity index (χ4v) is 3.59. The highest BCUT2D eigenvalue weighted by Crippen LogP contribution is 2.24. The molecule has 1 aromatic heterocycles. The Bertz CT molecular complexity index is 859. The molecular weight excluding hydrogens is 382 g/mol. The number of ether oxygens (including phenoxy) is 1. The molecule has 1 aromatic carbocycles. The van der Waals surface area contributed by atoms with E-state index in [1.54, 1.807) is 31.4 Å². The quantitative estimate of drug-likeness (QED) is 0.642. The number of carbonyl (C=O) groups excluding carboxylic acids is 2. The predicted octanol–water partition coefficient (Wildman–Crippen LogP) is 3.82. The number of hydrogen-bond acceptors (Lipinski definition) is 6. The van der Waals surface area contributed by atoms with Crippen LogP contribution in [0.2, 0.25) is 0 Å². The first-order valence-corrected chi connectivity index (χ1v) is 10.6. The Morgan fingerprint density at radius 2 is 1.83 bits per heavy atom. The molecule has 162 valence electrons. The number of benzene rings is 1. The second-order valence-corrected chi connectivity index (χ2v) is 8.86. The predicted molar refractivity (Wildman–Crippen MR) is 113 cm³/mol. The van der Waals surface area contributed by atoms with Crippen molar-refractivity contribution in [2.24, 2.45) is 5.92 Å². The number of carbonyl (C=O) groups is 2. The van der Waals surface area contributed by atoms with Crippen LogP contribution in [0.25, 0.3) is 0 Å². The SMILES string of the molecule is COc1ccc(C(=O)C2CCN(C(=O)CCCc3nc(C(C)(C)C)no3)CC2)cc1. The van der Waals surface area contributed by atoms with Gasteiger partial charge in [-0.3, -0.25) is 9.59 Å². The molecule has 0 atom stereocenters. The summed E-state index contributed by atoms with van der Waals surface area (Å²) in [5, 5.41) is 4.01. The molecule has 3 rings (SSSR count). The Morgan fingerprint density at radius 1 is 1.17 bits per heavy atom. The normalized spacial score (nSPS) is 15.3. The van der Waals surface area contributed by atoms with Crippen molar-refractivity contribution in [3.63, 3.8) is 0 Å². The average molecular weight is 414 g/mol. The number of hydrogen-bond donors (Lipinski definition) is 0. The van der Waals surface area contributed by atoms with Crippen molar-refractivity contribution in [2.75, 3.05) is 20.2 Å². The zero-order valence-electron chi connectivity index (χ0n) is 18.3. The van der Waals surface area contributed by atoms with E-state index in [0.29, 0.717) is 62.5 Å². The highest BCUT2D eigenvalue weighted by molar-refractivity contribution is 5.98. The fourth-order valence-electron chi connectivity index (χ4n) is 3.59. The third kappa shape index (κ3) is 5.46. The molecule has 7 nitrogen and oxygen atoms in total. The summed E-state index contributed by atoms with van der Waals surface area (Å²) < 4.78 is 10.4. The first kappa shape index (κ1) is 22.0. The lowest BCUT2D eigenvalue weighted by Crippen LogP contribution is -2.40. The third-order valence-electron chi connectivity index (χ3n) is 5.51. The Balaban J connectivity index is 1.42. The summed E-state index contributed by atoms with van der Waals surface area (Å²) in [5.74, 6) is 2.25. The van der Waals surface area contributed by atoms with Crippen LogP contribution in [0.5, 0.6) is 5.75 Å². The largest absolute Gasteiger partial charge is 0.497 e. The van der Waals surface area contributed by atoms with E-state index in [1.165, 1.54) is 0 Å². The number of ketones is 1. The molecule has 1 aliphatic rings. The standard InChI is InChI=1S/C23H31N3O4/c1-23(2,3)22-24-19(30-25-22)6-5-7-20(27)26-14-12-17(13-15-26)21(28)16-8-10-18(29-4)11-9-16/h8-11,17H,5-7,12-15H2,1-4H3. The van der Waals surface area contributed by atoms with E-state index in [4.69, 9.17) is 9.26 Å². The molecule has 30 heavy (non-hydrogen) atoms. The minimum atomic E-state index is -0.148. The van der Waals surface area contributed by atoms with Crippen molar-refractivity contribution in [3.05, 3.63) is 41.5 Å². The van der Waals surface area contributed by atoms with E-state index in [-0.39, 0.29) is 23.0 Å². The van der Waals surface area contributed by atoms with Gasteiger partial charge in [0.1, 0.15) is 5.75 Å². The summed E-state index contributed by atoms with van der Waals surface area (Å²) in [6.45, 7) is 7.36. The maximum Gasteiger partial charge on any atom is 0.226 e. The molecule has 0 N–H and O–H groups in total. The van der Waals surface area contributed by atoms with Crippen molar-refractivity contribution < 1.29 is 18.8 Å². The van der Waals surface area contributed by atoms with Crippen LogP contribution in [0.15, 0.2) is 28.8 Å². The fraction of sp³-hybridized carbons (Fsp3) is 0.565. The minimum Gasteiger partial charge on any atom is -0.497 e. The lowest BCUT2D eigenvalue weighted by molar-refractivity contribution is -0.132. The highest BCUT2D eigenvalue weighted by Gasteiger charge is 2.28. The van der Waals surface area contributed by atoms with Crippen LogP contribution in [0.4, 0.5) is 0 Å². The Labute approximate surface area is 177 Å². The molecule has 2 aromatic rings. The smallest absolute Gasteiger partial charge is 0.226 e. The zero-order chi connectivity index (χ0) is 21.7. The second kappa shape index (κ2) is 9.41. The van der Waals surface area contributed by atoms with Gasteiger partial charge in [0, 0.05) is 42.8 Å². The van der Waals surface area contributed by atoms with Gasteiger partial charge in [-0.25, -0.2) is 0 Å². The summed E-state index contributed by atoms with van der Waals surface area (Å²) >= 11 is 0. The van der Waals surface area contributed by atoms with Crippen molar-refractivity contribution >= 4 is 11.7 Å². The van der Waals surface area contributed by atoms with Gasteiger partial charge in [-0.05, 0) is 43.5 Å². The van der Waals surface area contributed by atoms with Gasteiger partial charge in [0.05, 0.1) is 7.11 Å². The van der Waals surface area contributed by atoms with Gasteiger partial charge in [-0.1, -0.05) is 25.9 Å². The highest BCUT2D eigenvalue weighted by atomic mass is 16.5. The van der Waals surface area contributed by atoms with E-state index in [2.05, 4.69) is 10.1 Å². The average Bonchev–Trinajstić information content (AvgIpc) is 3.23. The topological polar surface area (TPSA) is 85.5 Å². The van der Waals surface area contributed by atoms with Gasteiger partial charge < -0.3 is 14.2 Å². The summed E-state index contributed by atoms with van der Waals surface area (Å²) in [5.41, 5.74) is 0.556. The number of Topliss-reactive ketones (excluding diaryl/α,β-unsaturated/α-hetero) is 1. The van der Waals surface area contributed by atoms with Gasteiger partial charge in [0.25, 0.3) is 0 Å². The number of methoxy groups -OCH3 is 1. The van der Waals surface area contributed by atoms with Crippen LogP contribution in [-0.4, -0.2) is 46.9 Å². The number of aryl methyl sites for hydroxylation is 1. The van der Waals surface area contributed by atoms with Crippen molar-refractivity contribution in [1.29, 1.82) is 0 Å². The molecule has 0 aliphatic carbocycles. The number of nitrogens with zero attached hydrogens (tertiary/aromatic N) is 3. The van der Waals surface area contributed by atoms with Crippen LogP contribution in [0.3, 0.4) is 0 Å². The van der Waals surface area contributed by atoms with Crippen molar-refractivity contribution in [2.45, 2.75) is 58.3 Å². The van der Waals surface area contributed by atoms with E-state index in [0.717, 1.165) is 5.75 Å². The van der Waals surface area contributed by atoms with E-state index >= 15 is 0 Å². The van der Waals surface area contributed by atoms with Gasteiger partial charge >= 0.3 is 0 Å². The molecule has 0 bridgehead atoms. The van der Waals surface area contributed by atoms with Gasteiger partial charge in [-0.2, -0.15) is 4.98 Å². The maximum absolute atomic E-state index is 12.7. The molecule has 1 aliphatic heterocycles. The summed E-state index contributed by atoms with van der Waals surface area (Å²) in [6, 6.07) is 7.22. The van der Waals surface area contributed by atoms with Crippen molar-refractivity contribution in [3.8, 4) is 5.75 Å². The first-order chi connectivity index (χ1) is 14.3. The zero-order valence-corrected chi connectivity index (χ0v) is 18.3. The molecule has 1 amide bonds. The van der Waals surface area contributed by atoms with Crippen LogP contribution < -0.4 is 4.74 Å². The van der Waals surface area contributed by atoms with Crippen LogP contribution >= 0.6 is 0 Å². The molecule has 0 spiro atoms. The first-order valence-electron chi connectivity index (χ1n) is 10.6. The molecule has 0 unspecified atom stereocenters. The number of aromatic nitrogens is 2. The third-order valence-corrected chi connectivity index (χ3v) is 5.51. The number of piperidine rings is 1. The Hall–Kier alpha value is -2.70. The van der Waals surface area contributed by atoms with Crippen molar-refractivity contribution in [1.82, 2.24) is 15.0 Å². The molecule has 2 heterocycles. The summed E-state index contributed by atoms with van der Waals surface area (Å²) in [6.07, 6.45) is 3.13. The Morgan fingerprint density at radius 3 is 2.40 bits per heavy atom. The summed E-state index contributed by atoms with van der Waals surface area (Å²) in [7, 11) is 1.61. The molecule has 1 saturated heterocycles. The maximum atomic E-state index is 12.7. The van der Waals surface area contributed by atoms with E-state index < -0.39 is 0 Å². The van der Waals surface area contributed by atoms with E-state index in [9.17, 15) is 9.59 Å². The lowest BCUT2D eigenvalue weighted by atomic mass is 9.88. The van der Waals surface area contributed by atoms with Gasteiger partial charge in [0.2, 0.25) is 11.8 Å². The lowest BCUT2D eigenvalue weighted by Gasteiger charge is -2.31. The molecule has 0 radical (unpaired) electrons.